The number of ketones is 1. The van der Waals surface area contributed by atoms with E-state index in [1.54, 1.807) is 6.07 Å². The van der Waals surface area contributed by atoms with Gasteiger partial charge >= 0.3 is 0 Å². The van der Waals surface area contributed by atoms with E-state index in [2.05, 4.69) is 0 Å². The molecule has 0 aromatic rings. The van der Waals surface area contributed by atoms with Crippen LogP contribution in [0.4, 0.5) is 0 Å². The van der Waals surface area contributed by atoms with E-state index < -0.39 is 11.8 Å². The van der Waals surface area contributed by atoms with Crippen LogP contribution >= 0.6 is 0 Å². The Labute approximate surface area is 76.1 Å². The maximum Gasteiger partial charge on any atom is 0.254 e. The first-order valence-electron chi connectivity index (χ1n) is 4.14. The van der Waals surface area contributed by atoms with Crippen molar-refractivity contribution in [2.45, 2.75) is 18.9 Å². The summed E-state index contributed by atoms with van der Waals surface area (Å²) < 4.78 is 0. The van der Waals surface area contributed by atoms with E-state index in [4.69, 9.17) is 11.0 Å². The van der Waals surface area contributed by atoms with Gasteiger partial charge < -0.3 is 10.6 Å². The van der Waals surface area contributed by atoms with Crippen molar-refractivity contribution in [2.24, 2.45) is 5.73 Å². The van der Waals surface area contributed by atoms with Gasteiger partial charge in [0.05, 0.1) is 6.54 Å². The molecule has 0 spiro atoms. The van der Waals surface area contributed by atoms with E-state index in [1.165, 1.54) is 4.90 Å². The third kappa shape index (κ3) is 1.84. The van der Waals surface area contributed by atoms with E-state index in [9.17, 15) is 9.59 Å². The van der Waals surface area contributed by atoms with Crippen molar-refractivity contribution in [3.05, 3.63) is 0 Å². The van der Waals surface area contributed by atoms with Gasteiger partial charge in [0.25, 0.3) is 5.78 Å². The van der Waals surface area contributed by atoms with Crippen molar-refractivity contribution in [3.63, 3.8) is 0 Å². The SMILES string of the molecule is N#CC(=O)[C@@H]1CCCN1C(=O)CN. The van der Waals surface area contributed by atoms with Crippen LogP contribution in [0.15, 0.2) is 0 Å². The van der Waals surface area contributed by atoms with Gasteiger partial charge in [-0.15, -0.1) is 0 Å². The van der Waals surface area contributed by atoms with Crippen molar-refractivity contribution in [1.82, 2.24) is 4.90 Å². The lowest BCUT2D eigenvalue weighted by atomic mass is 10.1. The molecule has 5 heteroatoms. The molecular weight excluding hydrogens is 170 g/mol. The van der Waals surface area contributed by atoms with Crippen molar-refractivity contribution in [2.75, 3.05) is 13.1 Å². The fraction of sp³-hybridized carbons (Fsp3) is 0.625. The summed E-state index contributed by atoms with van der Waals surface area (Å²) in [6, 6.07) is 0.988. The Kier molecular flexibility index (Phi) is 2.98. The Hall–Kier alpha value is -1.41. The number of amides is 1. The first-order chi connectivity index (χ1) is 6.20. The number of rotatable bonds is 2. The van der Waals surface area contributed by atoms with Gasteiger partial charge in [0, 0.05) is 6.54 Å². The van der Waals surface area contributed by atoms with Crippen molar-refractivity contribution < 1.29 is 9.59 Å². The maximum absolute atomic E-state index is 11.2. The lowest BCUT2D eigenvalue weighted by Gasteiger charge is -2.20. The first kappa shape index (κ1) is 9.68. The van der Waals surface area contributed by atoms with Crippen LogP contribution in [0.5, 0.6) is 0 Å². The molecule has 0 aromatic carbocycles. The molecule has 0 saturated carbocycles. The Morgan fingerprint density at radius 1 is 1.62 bits per heavy atom. The minimum absolute atomic E-state index is 0.102. The number of nitrogens with two attached hydrogens (primary N) is 1. The molecule has 1 aliphatic rings. The average Bonchev–Trinajstić information content (AvgIpc) is 2.63. The van der Waals surface area contributed by atoms with Gasteiger partial charge in [-0.05, 0) is 12.8 Å². The number of likely N-dealkylation sites (tertiary alicyclic amines) is 1. The predicted molar refractivity (Wildman–Crippen MR) is 44.4 cm³/mol. The summed E-state index contributed by atoms with van der Waals surface area (Å²) in [7, 11) is 0. The molecule has 1 aliphatic heterocycles. The number of nitriles is 1. The second-order valence-electron chi connectivity index (χ2n) is 2.93. The molecule has 2 N–H and O–H groups in total. The summed E-state index contributed by atoms with van der Waals surface area (Å²) in [5.41, 5.74) is 5.17. The molecule has 13 heavy (non-hydrogen) atoms. The molecule has 0 unspecified atom stereocenters. The minimum atomic E-state index is -0.555. The summed E-state index contributed by atoms with van der Waals surface area (Å²) in [5, 5.41) is 8.40. The molecule has 1 amide bonds. The second-order valence-corrected chi connectivity index (χ2v) is 2.93. The number of carbonyl (C=O) groups is 2. The number of hydrogen-bond acceptors (Lipinski definition) is 4. The molecule has 1 heterocycles. The van der Waals surface area contributed by atoms with Gasteiger partial charge in [-0.1, -0.05) is 0 Å². The topological polar surface area (TPSA) is 87.2 Å². The quantitative estimate of drug-likeness (QED) is 0.555. The highest BCUT2D eigenvalue weighted by Crippen LogP contribution is 2.17. The van der Waals surface area contributed by atoms with Crippen LogP contribution in [0.25, 0.3) is 0 Å². The molecule has 0 aliphatic carbocycles. The Balaban J connectivity index is 2.70. The van der Waals surface area contributed by atoms with Gasteiger partial charge in [0.2, 0.25) is 5.91 Å². The van der Waals surface area contributed by atoms with Crippen molar-refractivity contribution in [3.8, 4) is 6.07 Å². The fourth-order valence-corrected chi connectivity index (χ4v) is 1.53. The standard InChI is InChI=1S/C8H11N3O2/c9-4-7(12)6-2-1-3-11(6)8(13)5-10/h6H,1-3,5,10H2/t6-/m0/s1. The molecule has 1 saturated heterocycles. The molecule has 70 valence electrons. The van der Waals surface area contributed by atoms with Gasteiger partial charge in [-0.2, -0.15) is 5.26 Å². The van der Waals surface area contributed by atoms with Gasteiger partial charge in [-0.25, -0.2) is 0 Å². The monoisotopic (exact) mass is 181 g/mol. The van der Waals surface area contributed by atoms with Crippen LogP contribution < -0.4 is 5.73 Å². The van der Waals surface area contributed by atoms with Gasteiger partial charge in [0.1, 0.15) is 12.1 Å². The molecular formula is C8H11N3O2. The van der Waals surface area contributed by atoms with Crippen LogP contribution in [0.3, 0.4) is 0 Å². The molecule has 0 radical (unpaired) electrons. The normalized spacial score (nSPS) is 21.2. The van der Waals surface area contributed by atoms with Crippen LogP contribution in [-0.4, -0.2) is 35.7 Å². The van der Waals surface area contributed by atoms with E-state index in [0.29, 0.717) is 13.0 Å². The molecule has 5 nitrogen and oxygen atoms in total. The average molecular weight is 181 g/mol. The number of nitrogens with zero attached hydrogens (tertiary/aromatic N) is 2. The predicted octanol–water partition coefficient (Wildman–Crippen LogP) is -0.971. The Bertz CT molecular complexity index is 269. The molecule has 1 fully saturated rings. The minimum Gasteiger partial charge on any atom is -0.330 e. The van der Waals surface area contributed by atoms with Gasteiger partial charge in [-0.3, -0.25) is 9.59 Å². The third-order valence-corrected chi connectivity index (χ3v) is 2.16. The smallest absolute Gasteiger partial charge is 0.254 e. The highest BCUT2D eigenvalue weighted by atomic mass is 16.2. The first-order valence-corrected chi connectivity index (χ1v) is 4.14. The van der Waals surface area contributed by atoms with Crippen LogP contribution in [-0.2, 0) is 9.59 Å². The van der Waals surface area contributed by atoms with Crippen LogP contribution in [0.1, 0.15) is 12.8 Å². The largest absolute Gasteiger partial charge is 0.330 e. The summed E-state index contributed by atoms with van der Waals surface area (Å²) in [4.78, 5) is 23.6. The lowest BCUT2D eigenvalue weighted by Crippen LogP contribution is -2.43. The van der Waals surface area contributed by atoms with Crippen molar-refractivity contribution in [1.29, 1.82) is 5.26 Å². The molecule has 1 atom stereocenters. The maximum atomic E-state index is 11.2. The summed E-state index contributed by atoms with van der Waals surface area (Å²) >= 11 is 0. The highest BCUT2D eigenvalue weighted by Gasteiger charge is 2.32. The second kappa shape index (κ2) is 4.01. The third-order valence-electron chi connectivity index (χ3n) is 2.16. The van der Waals surface area contributed by atoms with Gasteiger partial charge in [0.15, 0.2) is 0 Å². The summed E-state index contributed by atoms with van der Waals surface area (Å²) in [6.07, 6.45) is 1.35. The summed E-state index contributed by atoms with van der Waals surface area (Å²) in [6.45, 7) is 0.434. The molecule has 0 aromatic heterocycles. The summed E-state index contributed by atoms with van der Waals surface area (Å²) in [5.74, 6) is -0.801. The number of Topliss-reactive ketones (excluding diaryl/α,β-unsaturated/α-hetero) is 1. The zero-order valence-electron chi connectivity index (χ0n) is 7.19. The number of carbonyl (C=O) groups excluding carboxylic acids is 2. The zero-order chi connectivity index (χ0) is 9.84. The zero-order valence-corrected chi connectivity index (χ0v) is 7.19. The Morgan fingerprint density at radius 2 is 2.31 bits per heavy atom. The van der Waals surface area contributed by atoms with Crippen molar-refractivity contribution >= 4 is 11.7 Å². The lowest BCUT2D eigenvalue weighted by molar-refractivity contribution is -0.134. The van der Waals surface area contributed by atoms with Crippen LogP contribution in [0.2, 0.25) is 0 Å². The molecule has 0 bridgehead atoms. The Morgan fingerprint density at radius 3 is 2.85 bits per heavy atom. The van der Waals surface area contributed by atoms with Crippen LogP contribution in [0, 0.1) is 11.3 Å². The number of hydrogen-bond donors (Lipinski definition) is 1. The highest BCUT2D eigenvalue weighted by molar-refractivity contribution is 6.00. The van der Waals surface area contributed by atoms with E-state index in [0.717, 1.165) is 6.42 Å². The fourth-order valence-electron chi connectivity index (χ4n) is 1.53. The van der Waals surface area contributed by atoms with E-state index in [-0.39, 0.29) is 12.5 Å². The van der Waals surface area contributed by atoms with E-state index in [1.807, 2.05) is 0 Å². The molecule has 1 rings (SSSR count). The van der Waals surface area contributed by atoms with E-state index >= 15 is 0 Å².